The number of hydrogen-bond acceptors (Lipinski definition) is 7. The Kier molecular flexibility index (Phi) is 16.0. The summed E-state index contributed by atoms with van der Waals surface area (Å²) in [5.41, 5.74) is 1.41. The summed E-state index contributed by atoms with van der Waals surface area (Å²) < 4.78 is 6.16. The maximum absolute atomic E-state index is 14.1. The van der Waals surface area contributed by atoms with Gasteiger partial charge in [-0.3, -0.25) is 24.2 Å². The number of nitrogens with one attached hydrogen (secondary N) is 1. The number of carbonyl (C=O) groups is 4. The molecule has 0 saturated carbocycles. The van der Waals surface area contributed by atoms with E-state index in [2.05, 4.69) is 42.8 Å². The summed E-state index contributed by atoms with van der Waals surface area (Å²) >= 11 is 0. The lowest BCUT2D eigenvalue weighted by molar-refractivity contribution is -0.158. The summed E-state index contributed by atoms with van der Waals surface area (Å²) in [5.74, 6) is -1.02. The minimum Gasteiger partial charge on any atom is -0.455 e. The predicted molar refractivity (Wildman–Crippen MR) is 199 cm³/mol. The first kappa shape index (κ1) is 41.2. The molecular formula is C40H65N5O5. The summed E-state index contributed by atoms with van der Waals surface area (Å²) in [6.07, 6.45) is 5.51. The maximum atomic E-state index is 14.1. The number of carbonyl (C=O) groups excluding carboxylic acids is 4. The molecule has 3 rings (SSSR count). The Labute approximate surface area is 301 Å². The van der Waals surface area contributed by atoms with Gasteiger partial charge in [-0.1, -0.05) is 84.4 Å². The van der Waals surface area contributed by atoms with Crippen LogP contribution in [0.1, 0.15) is 106 Å². The molecule has 0 radical (unpaired) electrons. The SMILES string of the molecule is CCN(CC)CC(OC(=O)[C@@H]1CCCN1C(=O)/C(C)=C/[C@H](C(C)C)N(C)C(=O)[C@@H](NC(=O)[C@H]1CCCCN1C(C)C)C(C)C)c1ccccc1. The van der Waals surface area contributed by atoms with Crippen LogP contribution in [-0.2, 0) is 23.9 Å². The molecule has 10 heteroatoms. The van der Waals surface area contributed by atoms with Gasteiger partial charge in [-0.15, -0.1) is 0 Å². The van der Waals surface area contributed by atoms with Crippen LogP contribution in [0.5, 0.6) is 0 Å². The van der Waals surface area contributed by atoms with Gasteiger partial charge in [0.05, 0.1) is 12.1 Å². The highest BCUT2D eigenvalue weighted by Gasteiger charge is 2.39. The van der Waals surface area contributed by atoms with Crippen LogP contribution >= 0.6 is 0 Å². The molecule has 2 aliphatic rings. The first-order chi connectivity index (χ1) is 23.7. The van der Waals surface area contributed by atoms with Crippen molar-refractivity contribution in [1.82, 2.24) is 24.9 Å². The van der Waals surface area contributed by atoms with Gasteiger partial charge in [0, 0.05) is 31.8 Å². The highest BCUT2D eigenvalue weighted by molar-refractivity contribution is 5.96. The van der Waals surface area contributed by atoms with Crippen molar-refractivity contribution in [3.63, 3.8) is 0 Å². The van der Waals surface area contributed by atoms with E-state index >= 15 is 0 Å². The topological polar surface area (TPSA) is 102 Å². The molecule has 1 aromatic rings. The van der Waals surface area contributed by atoms with Crippen molar-refractivity contribution in [1.29, 1.82) is 0 Å². The molecule has 0 aliphatic carbocycles. The van der Waals surface area contributed by atoms with Crippen molar-refractivity contribution in [2.75, 3.05) is 39.8 Å². The molecule has 2 saturated heterocycles. The predicted octanol–water partition coefficient (Wildman–Crippen LogP) is 5.44. The highest BCUT2D eigenvalue weighted by Crippen LogP contribution is 2.27. The van der Waals surface area contributed by atoms with E-state index in [9.17, 15) is 19.2 Å². The van der Waals surface area contributed by atoms with Crippen LogP contribution in [0.15, 0.2) is 42.0 Å². The molecule has 5 atom stereocenters. The van der Waals surface area contributed by atoms with Gasteiger partial charge in [-0.2, -0.15) is 0 Å². The fraction of sp³-hybridized carbons (Fsp3) is 0.700. The van der Waals surface area contributed by atoms with Crippen LogP contribution in [0.3, 0.4) is 0 Å². The molecule has 10 nitrogen and oxygen atoms in total. The fourth-order valence-corrected chi connectivity index (χ4v) is 7.36. The minimum atomic E-state index is -0.694. The fourth-order valence-electron chi connectivity index (χ4n) is 7.36. The van der Waals surface area contributed by atoms with Gasteiger partial charge in [0.25, 0.3) is 0 Å². The van der Waals surface area contributed by atoms with E-state index in [1.54, 1.807) is 23.8 Å². The second kappa shape index (κ2) is 19.4. The van der Waals surface area contributed by atoms with Gasteiger partial charge >= 0.3 is 5.97 Å². The number of likely N-dealkylation sites (N-methyl/N-ethyl adjacent to an activating group) is 2. The van der Waals surface area contributed by atoms with Crippen molar-refractivity contribution in [2.45, 2.75) is 131 Å². The lowest BCUT2D eigenvalue weighted by atomic mass is 9.95. The van der Waals surface area contributed by atoms with Crippen LogP contribution in [0, 0.1) is 11.8 Å². The second-order valence-corrected chi connectivity index (χ2v) is 15.1. The summed E-state index contributed by atoms with van der Waals surface area (Å²) in [5, 5.41) is 3.11. The molecule has 1 aromatic carbocycles. The molecule has 280 valence electrons. The summed E-state index contributed by atoms with van der Waals surface area (Å²) in [4.78, 5) is 63.1. The molecule has 1 unspecified atom stereocenters. The normalized spacial score (nSPS) is 20.7. The van der Waals surface area contributed by atoms with Gasteiger partial charge in [0.15, 0.2) is 0 Å². The lowest BCUT2D eigenvalue weighted by Crippen LogP contribution is -2.58. The van der Waals surface area contributed by atoms with Crippen LogP contribution in [-0.4, -0.2) is 113 Å². The Hall–Kier alpha value is -3.24. The highest BCUT2D eigenvalue weighted by atomic mass is 16.5. The minimum absolute atomic E-state index is 0.00367. The third kappa shape index (κ3) is 10.6. The van der Waals surface area contributed by atoms with Crippen molar-refractivity contribution >= 4 is 23.7 Å². The Morgan fingerprint density at radius 2 is 1.54 bits per heavy atom. The summed E-state index contributed by atoms with van der Waals surface area (Å²) in [6.45, 7) is 21.7. The van der Waals surface area contributed by atoms with E-state index in [4.69, 9.17) is 4.74 Å². The standard InChI is InChI=1S/C40H65N5O5/c1-11-43(12-2)26-35(31-19-14-13-15-20-31)50-40(49)33-22-18-24-45(33)38(47)30(9)25-34(27(3)4)42(10)39(48)36(28(5)6)41-37(46)32-21-16-17-23-44(32)29(7)8/h13-15,19-20,25,27-29,32-36H,11-12,16-18,21-24,26H2,1-10H3,(H,41,46)/b30-25+/t32-,33+,34-,35?,36+/m1/s1. The monoisotopic (exact) mass is 695 g/mol. The van der Waals surface area contributed by atoms with Crippen LogP contribution in [0.25, 0.3) is 0 Å². The van der Waals surface area contributed by atoms with E-state index in [1.165, 1.54) is 0 Å². The molecule has 0 bridgehead atoms. The van der Waals surface area contributed by atoms with E-state index in [1.807, 2.05) is 64.1 Å². The molecule has 2 fully saturated rings. The number of likely N-dealkylation sites (tertiary alicyclic amines) is 2. The zero-order valence-corrected chi connectivity index (χ0v) is 32.5. The third-order valence-electron chi connectivity index (χ3n) is 10.5. The van der Waals surface area contributed by atoms with E-state index in [0.29, 0.717) is 31.5 Å². The molecule has 2 aliphatic heterocycles. The first-order valence-corrected chi connectivity index (χ1v) is 19.0. The van der Waals surface area contributed by atoms with Crippen LogP contribution in [0.4, 0.5) is 0 Å². The number of piperidine rings is 1. The molecule has 2 heterocycles. The number of benzene rings is 1. The third-order valence-corrected chi connectivity index (χ3v) is 10.5. The van der Waals surface area contributed by atoms with Gasteiger partial charge in [-0.25, -0.2) is 4.79 Å². The van der Waals surface area contributed by atoms with Crippen LogP contribution < -0.4 is 5.32 Å². The first-order valence-electron chi connectivity index (χ1n) is 19.0. The Morgan fingerprint density at radius 1 is 0.900 bits per heavy atom. The van der Waals surface area contributed by atoms with Gasteiger partial charge in [0.2, 0.25) is 17.7 Å². The van der Waals surface area contributed by atoms with E-state index < -0.39 is 24.2 Å². The molecule has 1 N–H and O–H groups in total. The number of amides is 3. The van der Waals surface area contributed by atoms with Crippen molar-refractivity contribution < 1.29 is 23.9 Å². The number of ether oxygens (including phenoxy) is 1. The van der Waals surface area contributed by atoms with Gasteiger partial charge in [0.1, 0.15) is 18.2 Å². The Morgan fingerprint density at radius 3 is 2.12 bits per heavy atom. The van der Waals surface area contributed by atoms with Gasteiger partial charge in [-0.05, 0) is 83.5 Å². The smallest absolute Gasteiger partial charge is 0.329 e. The quantitative estimate of drug-likeness (QED) is 0.182. The maximum Gasteiger partial charge on any atom is 0.329 e. The van der Waals surface area contributed by atoms with Crippen LogP contribution in [0.2, 0.25) is 0 Å². The second-order valence-electron chi connectivity index (χ2n) is 15.1. The average Bonchev–Trinajstić information content (AvgIpc) is 3.60. The van der Waals surface area contributed by atoms with Crippen molar-refractivity contribution in [3.8, 4) is 0 Å². The summed E-state index contributed by atoms with van der Waals surface area (Å²) in [7, 11) is 1.75. The number of rotatable bonds is 16. The Balaban J connectivity index is 1.76. The summed E-state index contributed by atoms with van der Waals surface area (Å²) in [6, 6.07) is 8.02. The zero-order chi connectivity index (χ0) is 37.1. The molecule has 0 aromatic heterocycles. The number of nitrogens with zero attached hydrogens (tertiary/aromatic N) is 4. The molecular weight excluding hydrogens is 630 g/mol. The van der Waals surface area contributed by atoms with Crippen molar-refractivity contribution in [3.05, 3.63) is 47.5 Å². The largest absolute Gasteiger partial charge is 0.455 e. The van der Waals surface area contributed by atoms with E-state index in [-0.39, 0.29) is 47.6 Å². The number of esters is 1. The lowest BCUT2D eigenvalue weighted by Gasteiger charge is -2.39. The van der Waals surface area contributed by atoms with Gasteiger partial charge < -0.3 is 19.9 Å². The molecule has 0 spiro atoms. The van der Waals surface area contributed by atoms with E-state index in [0.717, 1.165) is 44.5 Å². The average molecular weight is 696 g/mol. The van der Waals surface area contributed by atoms with Crippen molar-refractivity contribution in [2.24, 2.45) is 11.8 Å². The Bertz CT molecular complexity index is 1290. The number of hydrogen-bond donors (Lipinski definition) is 1. The molecule has 3 amide bonds. The zero-order valence-electron chi connectivity index (χ0n) is 32.5. The molecule has 50 heavy (non-hydrogen) atoms.